The summed E-state index contributed by atoms with van der Waals surface area (Å²) in [5.41, 5.74) is 7.24. The Morgan fingerprint density at radius 2 is 2.11 bits per heavy atom. The van der Waals surface area contributed by atoms with Gasteiger partial charge in [-0.25, -0.2) is 4.98 Å². The smallest absolute Gasteiger partial charge is 0.140 e. The summed E-state index contributed by atoms with van der Waals surface area (Å²) < 4.78 is 4.47. The first-order chi connectivity index (χ1) is 9.15. The van der Waals surface area contributed by atoms with E-state index in [9.17, 15) is 0 Å². The Balaban J connectivity index is 2.10. The first-order valence-corrected chi connectivity index (χ1v) is 7.68. The van der Waals surface area contributed by atoms with Crippen molar-refractivity contribution in [3.05, 3.63) is 56.2 Å². The number of nitrogens with zero attached hydrogens (tertiary/aromatic N) is 2. The van der Waals surface area contributed by atoms with Crippen LogP contribution in [0.15, 0.2) is 39.4 Å². The van der Waals surface area contributed by atoms with Crippen LogP contribution in [0.2, 0.25) is 0 Å². The molecule has 0 saturated carbocycles. The molecule has 0 aliphatic heterocycles. The summed E-state index contributed by atoms with van der Waals surface area (Å²) in [6.45, 7) is 2.10. The van der Waals surface area contributed by atoms with Gasteiger partial charge in [-0.1, -0.05) is 28.1 Å². The summed E-state index contributed by atoms with van der Waals surface area (Å²) in [7, 11) is 0. The minimum atomic E-state index is 0.934. The monoisotopic (exact) mass is 376 g/mol. The number of hydrogen-bond acceptors (Lipinski definition) is 1. The zero-order valence-corrected chi connectivity index (χ0v) is 13.4. The van der Waals surface area contributed by atoms with E-state index in [4.69, 9.17) is 4.98 Å². The molecule has 1 aliphatic carbocycles. The zero-order valence-electron chi connectivity index (χ0n) is 10.2. The number of halogens is 2. The molecular weight excluding hydrogens is 368 g/mol. The van der Waals surface area contributed by atoms with Crippen LogP contribution >= 0.6 is 31.9 Å². The Morgan fingerprint density at radius 3 is 2.95 bits per heavy atom. The number of benzene rings is 1. The Morgan fingerprint density at radius 1 is 1.26 bits per heavy atom. The van der Waals surface area contributed by atoms with Gasteiger partial charge in [0.15, 0.2) is 0 Å². The molecule has 0 fully saturated rings. The van der Waals surface area contributed by atoms with Gasteiger partial charge in [0, 0.05) is 27.1 Å². The molecule has 1 aromatic carbocycles. The highest BCUT2D eigenvalue weighted by molar-refractivity contribution is 9.10. The number of rotatable bonds is 0. The molecule has 0 bridgehead atoms. The van der Waals surface area contributed by atoms with E-state index in [0.29, 0.717) is 0 Å². The van der Waals surface area contributed by atoms with Gasteiger partial charge in [-0.3, -0.25) is 0 Å². The standard InChI is InChI=1S/C15H10Br2N2/c1-8-5-9(16)7-19-13-6-11-10(3-2-4-12(11)17)14(13)18-15(8)19/h2-5,7H,6H2,1H3. The van der Waals surface area contributed by atoms with Crippen LogP contribution in [0.5, 0.6) is 0 Å². The van der Waals surface area contributed by atoms with Gasteiger partial charge in [0.1, 0.15) is 5.65 Å². The lowest BCUT2D eigenvalue weighted by molar-refractivity contribution is 1.03. The lowest BCUT2D eigenvalue weighted by atomic mass is 10.1. The predicted octanol–water partition coefficient (Wildman–Crippen LogP) is 4.74. The number of fused-ring (bicyclic) bond motifs is 5. The van der Waals surface area contributed by atoms with Gasteiger partial charge < -0.3 is 4.40 Å². The van der Waals surface area contributed by atoms with Crippen molar-refractivity contribution in [2.45, 2.75) is 13.3 Å². The number of aryl methyl sites for hydroxylation is 1. The fourth-order valence-corrected chi connectivity index (χ4v) is 3.88. The third-order valence-corrected chi connectivity index (χ3v) is 4.86. The topological polar surface area (TPSA) is 17.3 Å². The van der Waals surface area contributed by atoms with Gasteiger partial charge in [-0.2, -0.15) is 0 Å². The second-order valence-electron chi connectivity index (χ2n) is 4.88. The van der Waals surface area contributed by atoms with E-state index >= 15 is 0 Å². The van der Waals surface area contributed by atoms with Gasteiger partial charge in [0.05, 0.1) is 11.4 Å². The van der Waals surface area contributed by atoms with Crippen LogP contribution in [0.3, 0.4) is 0 Å². The van der Waals surface area contributed by atoms with Crippen LogP contribution in [0, 0.1) is 6.92 Å². The van der Waals surface area contributed by atoms with Crippen molar-refractivity contribution >= 4 is 37.5 Å². The Kier molecular flexibility index (Phi) is 2.42. The van der Waals surface area contributed by atoms with Crippen LogP contribution in [0.25, 0.3) is 16.9 Å². The average molecular weight is 378 g/mol. The minimum absolute atomic E-state index is 0.934. The summed E-state index contributed by atoms with van der Waals surface area (Å²) >= 11 is 7.21. The van der Waals surface area contributed by atoms with E-state index in [1.165, 1.54) is 26.9 Å². The van der Waals surface area contributed by atoms with Crippen molar-refractivity contribution in [3.8, 4) is 11.3 Å². The zero-order chi connectivity index (χ0) is 13.1. The maximum Gasteiger partial charge on any atom is 0.140 e. The van der Waals surface area contributed by atoms with E-state index in [2.05, 4.69) is 73.6 Å². The predicted molar refractivity (Wildman–Crippen MR) is 83.6 cm³/mol. The second-order valence-corrected chi connectivity index (χ2v) is 6.65. The first-order valence-electron chi connectivity index (χ1n) is 6.10. The largest absolute Gasteiger partial charge is 0.302 e. The van der Waals surface area contributed by atoms with E-state index in [-0.39, 0.29) is 0 Å². The Labute approximate surface area is 127 Å². The molecule has 2 aromatic heterocycles. The highest BCUT2D eigenvalue weighted by Crippen LogP contribution is 2.40. The average Bonchev–Trinajstić information content (AvgIpc) is 2.88. The maximum atomic E-state index is 4.84. The molecule has 0 radical (unpaired) electrons. The number of aromatic nitrogens is 2. The van der Waals surface area contributed by atoms with Gasteiger partial charge in [-0.05, 0) is 46.1 Å². The molecule has 19 heavy (non-hydrogen) atoms. The highest BCUT2D eigenvalue weighted by atomic mass is 79.9. The summed E-state index contributed by atoms with van der Waals surface area (Å²) in [5, 5.41) is 0. The van der Waals surface area contributed by atoms with Crippen molar-refractivity contribution in [2.24, 2.45) is 0 Å². The van der Waals surface area contributed by atoms with E-state index < -0.39 is 0 Å². The lowest BCUT2D eigenvalue weighted by Gasteiger charge is -2.04. The summed E-state index contributed by atoms with van der Waals surface area (Å²) in [6, 6.07) is 8.44. The van der Waals surface area contributed by atoms with Crippen LogP contribution < -0.4 is 0 Å². The molecule has 1 aliphatic rings. The highest BCUT2D eigenvalue weighted by Gasteiger charge is 2.26. The molecule has 0 amide bonds. The fraction of sp³-hybridized carbons (Fsp3) is 0.133. The summed E-state index contributed by atoms with van der Waals surface area (Å²) in [4.78, 5) is 4.84. The fourth-order valence-electron chi connectivity index (χ4n) is 2.83. The first kappa shape index (κ1) is 11.7. The quantitative estimate of drug-likeness (QED) is 0.432. The molecule has 0 spiro atoms. The van der Waals surface area contributed by atoms with Gasteiger partial charge in [0.25, 0.3) is 0 Å². The van der Waals surface area contributed by atoms with Crippen LogP contribution in [-0.2, 0) is 6.42 Å². The molecular formula is C15H10Br2N2. The number of hydrogen-bond donors (Lipinski definition) is 0. The van der Waals surface area contributed by atoms with E-state index in [1.54, 1.807) is 0 Å². The molecule has 3 aromatic rings. The van der Waals surface area contributed by atoms with Gasteiger partial charge >= 0.3 is 0 Å². The Hall–Kier alpha value is -1.13. The molecule has 0 atom stereocenters. The molecule has 94 valence electrons. The van der Waals surface area contributed by atoms with Crippen LogP contribution in [0.4, 0.5) is 0 Å². The Bertz CT molecular complexity index is 834. The summed E-state index contributed by atoms with van der Waals surface area (Å²) in [6.07, 6.45) is 3.04. The van der Waals surface area contributed by atoms with Gasteiger partial charge in [0.2, 0.25) is 0 Å². The number of imidazole rings is 1. The molecule has 0 N–H and O–H groups in total. The second kappa shape index (κ2) is 3.93. The van der Waals surface area contributed by atoms with Gasteiger partial charge in [-0.15, -0.1) is 0 Å². The number of pyridine rings is 1. The lowest BCUT2D eigenvalue weighted by Crippen LogP contribution is -1.94. The molecule has 4 rings (SSSR count). The normalized spacial score (nSPS) is 12.8. The molecule has 2 heterocycles. The molecule has 2 nitrogen and oxygen atoms in total. The van der Waals surface area contributed by atoms with Crippen molar-refractivity contribution in [1.29, 1.82) is 0 Å². The van der Waals surface area contributed by atoms with Crippen molar-refractivity contribution in [2.75, 3.05) is 0 Å². The van der Waals surface area contributed by atoms with Crippen molar-refractivity contribution in [1.82, 2.24) is 9.38 Å². The third-order valence-electron chi connectivity index (χ3n) is 3.69. The van der Waals surface area contributed by atoms with Crippen LogP contribution in [-0.4, -0.2) is 9.38 Å². The van der Waals surface area contributed by atoms with Crippen LogP contribution in [0.1, 0.15) is 16.8 Å². The molecule has 0 unspecified atom stereocenters. The SMILES string of the molecule is Cc1cc(Br)cn2c3c(nc12)-c1cccc(Br)c1C3. The maximum absolute atomic E-state index is 4.84. The van der Waals surface area contributed by atoms with E-state index in [1.807, 2.05) is 0 Å². The third kappa shape index (κ3) is 1.56. The minimum Gasteiger partial charge on any atom is -0.302 e. The molecule has 4 heteroatoms. The van der Waals surface area contributed by atoms with Crippen molar-refractivity contribution < 1.29 is 0 Å². The van der Waals surface area contributed by atoms with E-state index in [0.717, 1.165) is 22.2 Å². The molecule has 0 saturated heterocycles. The summed E-state index contributed by atoms with van der Waals surface area (Å²) in [5.74, 6) is 0. The van der Waals surface area contributed by atoms with Crippen molar-refractivity contribution in [3.63, 3.8) is 0 Å².